The average molecular weight is 302 g/mol. The van der Waals surface area contributed by atoms with Crippen LogP contribution in [0.25, 0.3) is 0 Å². The van der Waals surface area contributed by atoms with E-state index in [1.165, 1.54) is 11.3 Å². The molecule has 0 bridgehead atoms. The molecule has 0 saturated carbocycles. The van der Waals surface area contributed by atoms with Gasteiger partial charge in [-0.15, -0.1) is 11.3 Å². The van der Waals surface area contributed by atoms with Gasteiger partial charge in [-0.25, -0.2) is 13.4 Å². The molecule has 102 valence electrons. The van der Waals surface area contributed by atoms with Gasteiger partial charge in [-0.2, -0.15) is 5.10 Å². The van der Waals surface area contributed by atoms with Crippen molar-refractivity contribution in [3.05, 3.63) is 23.5 Å². The summed E-state index contributed by atoms with van der Waals surface area (Å²) in [5.74, 6) is -1.10. The fourth-order valence-electron chi connectivity index (χ4n) is 1.28. The van der Waals surface area contributed by atoms with Gasteiger partial charge in [0.05, 0.1) is 6.20 Å². The Balaban J connectivity index is 2.19. The Morgan fingerprint density at radius 3 is 2.84 bits per heavy atom. The zero-order chi connectivity index (χ0) is 14.0. The van der Waals surface area contributed by atoms with E-state index in [4.69, 9.17) is 5.11 Å². The van der Waals surface area contributed by atoms with Crippen molar-refractivity contribution in [1.29, 1.82) is 0 Å². The molecule has 0 spiro atoms. The van der Waals surface area contributed by atoms with Crippen molar-refractivity contribution < 1.29 is 18.3 Å². The molecule has 0 aliphatic heterocycles. The largest absolute Gasteiger partial charge is 0.480 e. The predicted molar refractivity (Wildman–Crippen MR) is 67.5 cm³/mol. The minimum atomic E-state index is -3.79. The maximum Gasteiger partial charge on any atom is 0.325 e. The summed E-state index contributed by atoms with van der Waals surface area (Å²) in [5.41, 5.74) is 0. The lowest BCUT2D eigenvalue weighted by Gasteiger charge is -2.01. The molecular weight excluding hydrogens is 292 g/mol. The molecule has 8 nitrogen and oxygen atoms in total. The Morgan fingerprint density at radius 1 is 1.53 bits per heavy atom. The second-order valence-electron chi connectivity index (χ2n) is 3.65. The van der Waals surface area contributed by atoms with E-state index in [9.17, 15) is 13.2 Å². The van der Waals surface area contributed by atoms with Gasteiger partial charge in [0.25, 0.3) is 10.0 Å². The number of carboxylic acids is 1. The molecule has 19 heavy (non-hydrogen) atoms. The van der Waals surface area contributed by atoms with Gasteiger partial charge >= 0.3 is 5.97 Å². The molecule has 2 aromatic rings. The van der Waals surface area contributed by atoms with Gasteiger partial charge in [-0.1, -0.05) is 0 Å². The number of aliphatic carboxylic acids is 1. The third-order valence-corrected chi connectivity index (χ3v) is 4.31. The van der Waals surface area contributed by atoms with Gasteiger partial charge in [-0.3, -0.25) is 14.2 Å². The van der Waals surface area contributed by atoms with Crippen molar-refractivity contribution in [2.75, 3.05) is 4.72 Å². The Morgan fingerprint density at radius 2 is 2.26 bits per heavy atom. The molecule has 0 aliphatic carbocycles. The topological polar surface area (TPSA) is 114 Å². The van der Waals surface area contributed by atoms with Crippen molar-refractivity contribution in [3.8, 4) is 0 Å². The van der Waals surface area contributed by atoms with Crippen molar-refractivity contribution >= 4 is 32.5 Å². The Kier molecular flexibility index (Phi) is 3.53. The normalized spacial score (nSPS) is 11.4. The molecule has 2 rings (SSSR count). The van der Waals surface area contributed by atoms with E-state index in [0.717, 1.165) is 22.0 Å². The summed E-state index contributed by atoms with van der Waals surface area (Å²) in [6, 6.07) is 0. The smallest absolute Gasteiger partial charge is 0.325 e. The molecule has 0 atom stereocenters. The predicted octanol–water partition coefficient (Wildman–Crippen LogP) is 0.533. The highest BCUT2D eigenvalue weighted by Crippen LogP contribution is 2.20. The van der Waals surface area contributed by atoms with Crippen molar-refractivity contribution in [2.24, 2.45) is 0 Å². The first-order chi connectivity index (χ1) is 8.87. The number of nitrogens with one attached hydrogen (secondary N) is 1. The highest BCUT2D eigenvalue weighted by atomic mass is 32.2. The highest BCUT2D eigenvalue weighted by molar-refractivity contribution is 7.93. The lowest BCUT2D eigenvalue weighted by Crippen LogP contribution is -2.12. The molecule has 2 N–H and O–H groups in total. The number of carbonyl (C=O) groups is 1. The van der Waals surface area contributed by atoms with Crippen LogP contribution in [0, 0.1) is 6.92 Å². The van der Waals surface area contributed by atoms with Gasteiger partial charge in [0, 0.05) is 17.3 Å². The van der Waals surface area contributed by atoms with Gasteiger partial charge in [0.15, 0.2) is 5.13 Å². The molecule has 0 aromatic carbocycles. The third kappa shape index (κ3) is 3.29. The lowest BCUT2D eigenvalue weighted by atomic mass is 10.6. The van der Waals surface area contributed by atoms with Crippen LogP contribution in [0.1, 0.15) is 4.88 Å². The quantitative estimate of drug-likeness (QED) is 0.833. The van der Waals surface area contributed by atoms with E-state index in [1.54, 1.807) is 13.1 Å². The summed E-state index contributed by atoms with van der Waals surface area (Å²) < 4.78 is 27.3. The van der Waals surface area contributed by atoms with E-state index >= 15 is 0 Å². The fourth-order valence-corrected chi connectivity index (χ4v) is 3.14. The first-order valence-electron chi connectivity index (χ1n) is 5.06. The monoisotopic (exact) mass is 302 g/mol. The fraction of sp³-hybridized carbons (Fsp3) is 0.222. The third-order valence-electron chi connectivity index (χ3n) is 2.06. The Bertz CT molecular complexity index is 703. The van der Waals surface area contributed by atoms with E-state index in [1.807, 2.05) is 0 Å². The van der Waals surface area contributed by atoms with Crippen LogP contribution in [0.5, 0.6) is 0 Å². The van der Waals surface area contributed by atoms with E-state index in [-0.39, 0.29) is 10.0 Å². The van der Waals surface area contributed by atoms with E-state index in [0.29, 0.717) is 0 Å². The van der Waals surface area contributed by atoms with Crippen LogP contribution in [-0.2, 0) is 21.4 Å². The van der Waals surface area contributed by atoms with E-state index < -0.39 is 22.5 Å². The molecule has 0 saturated heterocycles. The number of aromatic nitrogens is 3. The maximum absolute atomic E-state index is 12.0. The van der Waals surface area contributed by atoms with Crippen molar-refractivity contribution in [3.63, 3.8) is 0 Å². The van der Waals surface area contributed by atoms with Crippen LogP contribution >= 0.6 is 11.3 Å². The summed E-state index contributed by atoms with van der Waals surface area (Å²) in [6.07, 6.45) is 3.79. The summed E-state index contributed by atoms with van der Waals surface area (Å²) in [7, 11) is -3.79. The summed E-state index contributed by atoms with van der Waals surface area (Å²) in [6.45, 7) is 1.41. The minimum Gasteiger partial charge on any atom is -0.480 e. The second-order valence-corrected chi connectivity index (χ2v) is 6.57. The first-order valence-corrected chi connectivity index (χ1v) is 7.36. The van der Waals surface area contributed by atoms with Gasteiger partial charge in [0.1, 0.15) is 11.4 Å². The Hall–Kier alpha value is -1.94. The number of aryl methyl sites for hydroxylation is 1. The molecule has 0 fully saturated rings. The number of anilines is 1. The van der Waals surface area contributed by atoms with Crippen molar-refractivity contribution in [2.45, 2.75) is 18.4 Å². The number of carboxylic acid groups (broad SMARTS) is 1. The zero-order valence-corrected chi connectivity index (χ0v) is 11.4. The van der Waals surface area contributed by atoms with Crippen LogP contribution in [0.15, 0.2) is 23.5 Å². The average Bonchev–Trinajstić information content (AvgIpc) is 2.87. The van der Waals surface area contributed by atoms with Gasteiger partial charge < -0.3 is 5.11 Å². The summed E-state index contributed by atoms with van der Waals surface area (Å²) in [4.78, 5) is 15.1. The zero-order valence-electron chi connectivity index (χ0n) is 9.77. The van der Waals surface area contributed by atoms with Gasteiger partial charge in [-0.05, 0) is 6.92 Å². The SMILES string of the molecule is Cc1cnc(NS(=O)(=O)c2cnn(CC(=O)O)c2)s1. The molecule has 0 aliphatic rings. The lowest BCUT2D eigenvalue weighted by molar-refractivity contribution is -0.137. The van der Waals surface area contributed by atoms with Crippen LogP contribution in [-0.4, -0.2) is 34.3 Å². The minimum absolute atomic E-state index is 0.110. The molecule has 0 amide bonds. The summed E-state index contributed by atoms with van der Waals surface area (Å²) in [5, 5.41) is 12.5. The number of hydrogen-bond donors (Lipinski definition) is 2. The van der Waals surface area contributed by atoms with Crippen LogP contribution in [0.3, 0.4) is 0 Å². The molecule has 2 aromatic heterocycles. The number of thiazole rings is 1. The first kappa shape index (κ1) is 13.5. The number of hydrogen-bond acceptors (Lipinski definition) is 6. The van der Waals surface area contributed by atoms with Crippen LogP contribution in [0.2, 0.25) is 0 Å². The number of rotatable bonds is 5. The van der Waals surface area contributed by atoms with Crippen LogP contribution < -0.4 is 4.72 Å². The van der Waals surface area contributed by atoms with Crippen molar-refractivity contribution in [1.82, 2.24) is 14.8 Å². The van der Waals surface area contributed by atoms with Gasteiger partial charge in [0.2, 0.25) is 0 Å². The second kappa shape index (κ2) is 4.97. The molecule has 0 radical (unpaired) electrons. The van der Waals surface area contributed by atoms with E-state index in [2.05, 4.69) is 14.8 Å². The maximum atomic E-state index is 12.0. The van der Waals surface area contributed by atoms with Crippen LogP contribution in [0.4, 0.5) is 5.13 Å². The summed E-state index contributed by atoms with van der Waals surface area (Å²) >= 11 is 1.20. The molecule has 0 unspecified atom stereocenters. The molecular formula is C9H10N4O4S2. The molecule has 2 heterocycles. The molecule has 10 heteroatoms. The highest BCUT2D eigenvalue weighted by Gasteiger charge is 2.18. The number of nitrogens with zero attached hydrogens (tertiary/aromatic N) is 3. The standard InChI is InChI=1S/C9H10N4O4S2/c1-6-2-10-9(18-6)12-19(16,17)7-3-11-13(4-7)5-8(14)15/h2-4H,5H2,1H3,(H,10,12)(H,14,15). The number of sulfonamides is 1. The Labute approximate surface area is 112 Å².